The summed E-state index contributed by atoms with van der Waals surface area (Å²) in [5.41, 5.74) is 0.916. The molecule has 106 valence electrons. The summed E-state index contributed by atoms with van der Waals surface area (Å²) < 4.78 is 6.38. The van der Waals surface area contributed by atoms with Crippen LogP contribution in [0, 0.1) is 0 Å². The molecule has 2 aromatic heterocycles. The van der Waals surface area contributed by atoms with Crippen molar-refractivity contribution < 1.29 is 14.3 Å². The molecule has 0 bridgehead atoms. The maximum atomic E-state index is 10.8. The number of furan rings is 1. The van der Waals surface area contributed by atoms with E-state index in [0.717, 1.165) is 20.1 Å². The minimum absolute atomic E-state index is 0.0114. The first kappa shape index (κ1) is 13.9. The highest BCUT2D eigenvalue weighted by molar-refractivity contribution is 8.09. The van der Waals surface area contributed by atoms with Crippen LogP contribution >= 0.6 is 23.1 Å². The van der Waals surface area contributed by atoms with E-state index in [-0.39, 0.29) is 5.75 Å². The fourth-order valence-corrected chi connectivity index (χ4v) is 3.61. The van der Waals surface area contributed by atoms with Gasteiger partial charge in [-0.05, 0) is 30.3 Å². The van der Waals surface area contributed by atoms with Crippen molar-refractivity contribution in [2.24, 2.45) is 0 Å². The average molecular weight is 317 g/mol. The molecule has 0 radical (unpaired) electrons. The maximum absolute atomic E-state index is 10.8. The van der Waals surface area contributed by atoms with Gasteiger partial charge in [0.05, 0.1) is 22.2 Å². The second-order valence-electron chi connectivity index (χ2n) is 4.19. The van der Waals surface area contributed by atoms with Crippen LogP contribution in [-0.2, 0) is 4.79 Å². The zero-order valence-electron chi connectivity index (χ0n) is 10.9. The third-order valence-electron chi connectivity index (χ3n) is 2.67. The van der Waals surface area contributed by atoms with Gasteiger partial charge in [-0.2, -0.15) is 0 Å². The lowest BCUT2D eigenvalue weighted by Gasteiger charge is -2.00. The lowest BCUT2D eigenvalue weighted by molar-refractivity contribution is -0.133. The first-order valence-corrected chi connectivity index (χ1v) is 7.98. The lowest BCUT2D eigenvalue weighted by Crippen LogP contribution is -1.97. The second-order valence-corrected chi connectivity index (χ2v) is 6.24. The van der Waals surface area contributed by atoms with Crippen LogP contribution in [0.4, 0.5) is 0 Å². The lowest BCUT2D eigenvalue weighted by atomic mass is 10.3. The molecule has 3 rings (SSSR count). The largest absolute Gasteiger partial charge is 0.481 e. The van der Waals surface area contributed by atoms with Crippen LogP contribution in [0.25, 0.3) is 21.2 Å². The normalized spacial score (nSPS) is 11.9. The molecule has 0 aliphatic heterocycles. The topological polar surface area (TPSA) is 63.3 Å². The van der Waals surface area contributed by atoms with E-state index in [2.05, 4.69) is 4.98 Å². The first-order chi connectivity index (χ1) is 10.2. The number of carboxylic acids is 1. The molecule has 0 aliphatic carbocycles. The fourth-order valence-electron chi connectivity index (χ4n) is 1.78. The number of carboxylic acid groups (broad SMARTS) is 1. The van der Waals surface area contributed by atoms with Crippen molar-refractivity contribution in [3.8, 4) is 0 Å². The third-order valence-corrected chi connectivity index (χ3v) is 4.88. The second kappa shape index (κ2) is 6.15. The number of thioether (sulfide) groups is 1. The van der Waals surface area contributed by atoms with Crippen LogP contribution in [0.1, 0.15) is 10.8 Å². The number of rotatable bonds is 5. The summed E-state index contributed by atoms with van der Waals surface area (Å²) in [6.07, 6.45) is 3.41. The Hall–Kier alpha value is -2.05. The van der Waals surface area contributed by atoms with Gasteiger partial charge in [-0.15, -0.1) is 23.1 Å². The van der Waals surface area contributed by atoms with Gasteiger partial charge in [-0.3, -0.25) is 4.79 Å². The van der Waals surface area contributed by atoms with E-state index in [0.29, 0.717) is 5.76 Å². The van der Waals surface area contributed by atoms with Crippen LogP contribution in [-0.4, -0.2) is 21.8 Å². The smallest absolute Gasteiger partial charge is 0.313 e. The molecule has 4 nitrogen and oxygen atoms in total. The van der Waals surface area contributed by atoms with Crippen LogP contribution in [0.15, 0.2) is 47.1 Å². The Bertz CT molecular complexity index is 757. The molecule has 0 fully saturated rings. The zero-order valence-corrected chi connectivity index (χ0v) is 12.5. The summed E-state index contributed by atoms with van der Waals surface area (Å²) in [7, 11) is 0. The van der Waals surface area contributed by atoms with E-state index in [1.54, 1.807) is 23.7 Å². The van der Waals surface area contributed by atoms with Crippen molar-refractivity contribution in [2.75, 3.05) is 5.75 Å². The predicted molar refractivity (Wildman–Crippen MR) is 86.3 cm³/mol. The van der Waals surface area contributed by atoms with Crippen molar-refractivity contribution in [3.63, 3.8) is 0 Å². The number of thiazole rings is 1. The van der Waals surface area contributed by atoms with Crippen molar-refractivity contribution in [1.29, 1.82) is 0 Å². The molecule has 0 amide bonds. The van der Waals surface area contributed by atoms with E-state index < -0.39 is 5.97 Å². The van der Waals surface area contributed by atoms with Gasteiger partial charge in [0, 0.05) is 4.91 Å². The van der Waals surface area contributed by atoms with E-state index in [1.807, 2.05) is 36.4 Å². The molecule has 1 N–H and O–H groups in total. The molecule has 3 aromatic rings. The molecule has 0 unspecified atom stereocenters. The summed E-state index contributed by atoms with van der Waals surface area (Å²) in [5, 5.41) is 9.69. The number of aromatic nitrogens is 1. The standard InChI is InChI=1S/C15H11NO3S2/c17-14(18)9-20-13(8-10-4-3-7-19-10)15-16-11-5-1-2-6-12(11)21-15/h1-8H,9H2,(H,17,18)/b13-8-. The Morgan fingerprint density at radius 3 is 2.90 bits per heavy atom. The highest BCUT2D eigenvalue weighted by Crippen LogP contribution is 2.35. The zero-order chi connectivity index (χ0) is 14.7. The number of nitrogens with zero attached hydrogens (tertiary/aromatic N) is 1. The van der Waals surface area contributed by atoms with Gasteiger partial charge in [0.15, 0.2) is 0 Å². The van der Waals surface area contributed by atoms with Gasteiger partial charge in [0.1, 0.15) is 10.8 Å². The highest BCUT2D eigenvalue weighted by Gasteiger charge is 2.12. The van der Waals surface area contributed by atoms with Crippen molar-refractivity contribution in [1.82, 2.24) is 4.98 Å². The molecule has 0 saturated carbocycles. The Morgan fingerprint density at radius 1 is 1.33 bits per heavy atom. The first-order valence-electron chi connectivity index (χ1n) is 6.18. The number of para-hydroxylation sites is 1. The Labute approximate surface area is 129 Å². The van der Waals surface area contributed by atoms with E-state index >= 15 is 0 Å². The SMILES string of the molecule is O=C(O)CS/C(=C\c1ccco1)c1nc2ccccc2s1. The molecule has 0 atom stereocenters. The fraction of sp³-hybridized carbons (Fsp3) is 0.0667. The molecule has 0 aliphatic rings. The maximum Gasteiger partial charge on any atom is 0.313 e. The summed E-state index contributed by atoms with van der Waals surface area (Å²) in [6.45, 7) is 0. The summed E-state index contributed by atoms with van der Waals surface area (Å²) in [4.78, 5) is 16.2. The summed E-state index contributed by atoms with van der Waals surface area (Å²) in [6, 6.07) is 11.5. The van der Waals surface area contributed by atoms with Gasteiger partial charge in [-0.25, -0.2) is 4.98 Å². The highest BCUT2D eigenvalue weighted by atomic mass is 32.2. The van der Waals surface area contributed by atoms with Crippen molar-refractivity contribution >= 4 is 50.3 Å². The molecule has 1 aromatic carbocycles. The molecular weight excluding hydrogens is 306 g/mol. The number of carbonyl (C=O) groups is 1. The van der Waals surface area contributed by atoms with Crippen LogP contribution in [0.2, 0.25) is 0 Å². The van der Waals surface area contributed by atoms with Crippen molar-refractivity contribution in [3.05, 3.63) is 53.4 Å². The minimum atomic E-state index is -0.855. The quantitative estimate of drug-likeness (QED) is 0.764. The molecule has 0 saturated heterocycles. The molecule has 21 heavy (non-hydrogen) atoms. The molecular formula is C15H11NO3S2. The monoisotopic (exact) mass is 317 g/mol. The van der Waals surface area contributed by atoms with Crippen LogP contribution in [0.3, 0.4) is 0 Å². The van der Waals surface area contributed by atoms with E-state index in [9.17, 15) is 4.79 Å². The Balaban J connectivity index is 1.99. The predicted octanol–water partition coefficient (Wildman–Crippen LogP) is 4.21. The Morgan fingerprint density at radius 2 is 2.19 bits per heavy atom. The van der Waals surface area contributed by atoms with Gasteiger partial charge in [-0.1, -0.05) is 12.1 Å². The van der Waals surface area contributed by atoms with Gasteiger partial charge >= 0.3 is 5.97 Å². The number of hydrogen-bond acceptors (Lipinski definition) is 5. The summed E-state index contributed by atoms with van der Waals surface area (Å²) in [5.74, 6) is -0.184. The van der Waals surface area contributed by atoms with E-state index in [4.69, 9.17) is 9.52 Å². The van der Waals surface area contributed by atoms with E-state index in [1.165, 1.54) is 11.8 Å². The average Bonchev–Trinajstić information content (AvgIpc) is 3.11. The Kier molecular flexibility index (Phi) is 4.08. The molecule has 6 heteroatoms. The number of aliphatic carboxylic acids is 1. The van der Waals surface area contributed by atoms with Crippen molar-refractivity contribution in [2.45, 2.75) is 0 Å². The summed E-state index contributed by atoms with van der Waals surface area (Å²) >= 11 is 2.79. The number of hydrogen-bond donors (Lipinski definition) is 1. The number of fused-ring (bicyclic) bond motifs is 1. The van der Waals surface area contributed by atoms with Crippen LogP contribution < -0.4 is 0 Å². The van der Waals surface area contributed by atoms with Gasteiger partial charge in [0.2, 0.25) is 0 Å². The van der Waals surface area contributed by atoms with Gasteiger partial charge < -0.3 is 9.52 Å². The minimum Gasteiger partial charge on any atom is -0.481 e. The van der Waals surface area contributed by atoms with Crippen LogP contribution in [0.5, 0.6) is 0 Å². The molecule has 2 heterocycles. The van der Waals surface area contributed by atoms with Gasteiger partial charge in [0.25, 0.3) is 0 Å². The third kappa shape index (κ3) is 3.34. The number of benzene rings is 1. The molecule has 0 spiro atoms.